The molecule has 4 heterocycles. The lowest BCUT2D eigenvalue weighted by Gasteiger charge is -2.24. The first-order chi connectivity index (χ1) is 11.9. The van der Waals surface area contributed by atoms with Crippen LogP contribution in [-0.2, 0) is 19.0 Å². The second kappa shape index (κ2) is 5.70. The monoisotopic (exact) mass is 349 g/mol. The van der Waals surface area contributed by atoms with Crippen LogP contribution in [0, 0.1) is 6.92 Å². The number of nitrogens with zero attached hydrogens (tertiary/aromatic N) is 4. The molecule has 0 bridgehead atoms. The van der Waals surface area contributed by atoms with E-state index in [1.807, 2.05) is 13.8 Å². The van der Waals surface area contributed by atoms with Crippen LogP contribution in [0.25, 0.3) is 11.2 Å². The zero-order valence-corrected chi connectivity index (χ0v) is 14.0. The van der Waals surface area contributed by atoms with Gasteiger partial charge >= 0.3 is 0 Å². The number of carbonyl (C=O) groups excluding carboxylic acids is 1. The Morgan fingerprint density at radius 1 is 1.36 bits per heavy atom. The third kappa shape index (κ3) is 2.58. The summed E-state index contributed by atoms with van der Waals surface area (Å²) < 4.78 is 19.5. The molecule has 4 atom stereocenters. The molecule has 10 heteroatoms. The van der Waals surface area contributed by atoms with Crippen molar-refractivity contribution in [2.75, 3.05) is 11.9 Å². The molecule has 0 aliphatic carbocycles. The number of imidazole rings is 1. The SMILES string of the molecule is Cc1nc(NC=O)nc2c1ncn2C1OC(CO)C2OC(C)(C)OC21. The van der Waals surface area contributed by atoms with Gasteiger partial charge in [-0.15, -0.1) is 0 Å². The van der Waals surface area contributed by atoms with Crippen LogP contribution in [0.2, 0.25) is 0 Å². The van der Waals surface area contributed by atoms with Crippen LogP contribution in [-0.4, -0.2) is 61.7 Å². The number of aromatic nitrogens is 4. The molecular weight excluding hydrogens is 330 g/mol. The number of ether oxygens (including phenoxy) is 3. The Morgan fingerprint density at radius 2 is 2.12 bits per heavy atom. The summed E-state index contributed by atoms with van der Waals surface area (Å²) in [4.78, 5) is 23.6. The van der Waals surface area contributed by atoms with E-state index < -0.39 is 30.3 Å². The van der Waals surface area contributed by atoms with Gasteiger partial charge in [0.15, 0.2) is 17.7 Å². The quantitative estimate of drug-likeness (QED) is 0.746. The number of hydrogen-bond acceptors (Lipinski definition) is 8. The maximum absolute atomic E-state index is 10.7. The van der Waals surface area contributed by atoms with Crippen LogP contribution >= 0.6 is 0 Å². The van der Waals surface area contributed by atoms with Crippen LogP contribution in [0.15, 0.2) is 6.33 Å². The fourth-order valence-corrected chi connectivity index (χ4v) is 3.39. The minimum atomic E-state index is -0.768. The van der Waals surface area contributed by atoms with Gasteiger partial charge in [-0.05, 0) is 20.8 Å². The molecule has 1 amide bonds. The van der Waals surface area contributed by atoms with Gasteiger partial charge in [0.25, 0.3) is 0 Å². The highest BCUT2D eigenvalue weighted by atomic mass is 16.8. The van der Waals surface area contributed by atoms with Gasteiger partial charge in [-0.3, -0.25) is 14.7 Å². The molecule has 134 valence electrons. The lowest BCUT2D eigenvalue weighted by atomic mass is 10.1. The summed E-state index contributed by atoms with van der Waals surface area (Å²) in [6.07, 6.45) is 0.228. The summed E-state index contributed by atoms with van der Waals surface area (Å²) in [6.45, 7) is 5.24. The third-order valence-corrected chi connectivity index (χ3v) is 4.36. The summed E-state index contributed by atoms with van der Waals surface area (Å²) in [7, 11) is 0. The highest BCUT2D eigenvalue weighted by Crippen LogP contribution is 2.43. The van der Waals surface area contributed by atoms with Gasteiger partial charge in [0, 0.05) is 0 Å². The predicted octanol–water partition coefficient (Wildman–Crippen LogP) is 0.113. The molecule has 0 aromatic carbocycles. The van der Waals surface area contributed by atoms with Crippen molar-refractivity contribution in [3.63, 3.8) is 0 Å². The Hall–Kier alpha value is -2.14. The van der Waals surface area contributed by atoms with Crippen LogP contribution in [0.4, 0.5) is 5.95 Å². The third-order valence-electron chi connectivity index (χ3n) is 4.36. The van der Waals surface area contributed by atoms with Crippen molar-refractivity contribution in [3.8, 4) is 0 Å². The van der Waals surface area contributed by atoms with E-state index >= 15 is 0 Å². The van der Waals surface area contributed by atoms with E-state index in [1.165, 1.54) is 0 Å². The average Bonchev–Trinajstić information content (AvgIpc) is 3.18. The summed E-state index contributed by atoms with van der Waals surface area (Å²) in [5.41, 5.74) is 1.74. The van der Waals surface area contributed by atoms with Gasteiger partial charge in [0.2, 0.25) is 12.4 Å². The fraction of sp³-hybridized carbons (Fsp3) is 0.600. The van der Waals surface area contributed by atoms with E-state index in [-0.39, 0.29) is 12.6 Å². The van der Waals surface area contributed by atoms with Gasteiger partial charge in [-0.2, -0.15) is 4.98 Å². The first kappa shape index (κ1) is 16.3. The number of hydrogen-bond donors (Lipinski definition) is 2. The summed E-state index contributed by atoms with van der Waals surface area (Å²) in [6, 6.07) is 0. The number of fused-ring (bicyclic) bond motifs is 2. The van der Waals surface area contributed by atoms with E-state index in [0.717, 1.165) is 0 Å². The number of aryl methyl sites for hydroxylation is 1. The van der Waals surface area contributed by atoms with Gasteiger partial charge in [-0.1, -0.05) is 0 Å². The molecule has 2 aromatic heterocycles. The van der Waals surface area contributed by atoms with Crippen molar-refractivity contribution in [3.05, 3.63) is 12.0 Å². The predicted molar refractivity (Wildman–Crippen MR) is 84.6 cm³/mol. The Bertz CT molecular complexity index is 822. The molecule has 2 saturated heterocycles. The van der Waals surface area contributed by atoms with Crippen molar-refractivity contribution >= 4 is 23.5 Å². The number of carbonyl (C=O) groups is 1. The van der Waals surface area contributed by atoms with Crippen LogP contribution in [0.1, 0.15) is 25.8 Å². The topological polar surface area (TPSA) is 121 Å². The van der Waals surface area contributed by atoms with Gasteiger partial charge in [0.05, 0.1) is 18.6 Å². The van der Waals surface area contributed by atoms with Crippen molar-refractivity contribution in [2.24, 2.45) is 0 Å². The summed E-state index contributed by atoms with van der Waals surface area (Å²) >= 11 is 0. The maximum Gasteiger partial charge on any atom is 0.231 e. The second-order valence-electron chi connectivity index (χ2n) is 6.53. The number of nitrogens with one attached hydrogen (secondary N) is 1. The largest absolute Gasteiger partial charge is 0.394 e. The standard InChI is InChI=1S/C15H19N5O5/c1-7-9-12(19-14(18-7)17-6-22)20(5-16-9)13-11-10(8(4-21)23-13)24-15(2,3)25-11/h5-6,8,10-11,13,21H,4H2,1-3H3,(H,17,18,19,22). The minimum Gasteiger partial charge on any atom is -0.394 e. The molecular formula is C15H19N5O5. The normalized spacial score (nSPS) is 30.6. The first-order valence-corrected chi connectivity index (χ1v) is 7.97. The molecule has 2 fully saturated rings. The van der Waals surface area contributed by atoms with Crippen molar-refractivity contribution in [2.45, 2.75) is 51.1 Å². The smallest absolute Gasteiger partial charge is 0.231 e. The molecule has 2 aromatic rings. The summed E-state index contributed by atoms with van der Waals surface area (Å²) in [5, 5.41) is 12.1. The number of aliphatic hydroxyl groups excluding tert-OH is 1. The Balaban J connectivity index is 1.77. The molecule has 0 spiro atoms. The molecule has 4 unspecified atom stereocenters. The summed E-state index contributed by atoms with van der Waals surface area (Å²) in [5.74, 6) is -0.588. The highest BCUT2D eigenvalue weighted by Gasteiger charge is 2.55. The molecule has 2 aliphatic heterocycles. The minimum absolute atomic E-state index is 0.180. The lowest BCUT2D eigenvalue weighted by Crippen LogP contribution is -2.31. The van der Waals surface area contributed by atoms with Crippen molar-refractivity contribution in [1.29, 1.82) is 0 Å². The molecule has 0 radical (unpaired) electrons. The highest BCUT2D eigenvalue weighted by molar-refractivity contribution is 5.77. The van der Waals surface area contributed by atoms with Crippen LogP contribution in [0.5, 0.6) is 0 Å². The van der Waals surface area contributed by atoms with E-state index in [9.17, 15) is 9.90 Å². The van der Waals surface area contributed by atoms with Crippen molar-refractivity contribution < 1.29 is 24.1 Å². The Morgan fingerprint density at radius 3 is 2.84 bits per heavy atom. The van der Waals surface area contributed by atoms with Gasteiger partial charge in [-0.25, -0.2) is 9.97 Å². The molecule has 0 saturated carbocycles. The number of rotatable bonds is 4. The Labute approximate surface area is 143 Å². The number of anilines is 1. The van der Waals surface area contributed by atoms with Crippen molar-refractivity contribution in [1.82, 2.24) is 19.5 Å². The van der Waals surface area contributed by atoms with Crippen LogP contribution in [0.3, 0.4) is 0 Å². The van der Waals surface area contributed by atoms with E-state index in [1.54, 1.807) is 17.8 Å². The zero-order chi connectivity index (χ0) is 17.8. The van der Waals surface area contributed by atoms with Gasteiger partial charge < -0.3 is 19.3 Å². The number of aliphatic hydroxyl groups is 1. The first-order valence-electron chi connectivity index (χ1n) is 7.97. The molecule has 25 heavy (non-hydrogen) atoms. The number of amides is 1. The fourth-order valence-electron chi connectivity index (χ4n) is 3.39. The molecule has 2 aliphatic rings. The molecule has 2 N–H and O–H groups in total. The Kier molecular flexibility index (Phi) is 3.72. The molecule has 10 nitrogen and oxygen atoms in total. The average molecular weight is 349 g/mol. The van der Waals surface area contributed by atoms with Crippen LogP contribution < -0.4 is 5.32 Å². The second-order valence-corrected chi connectivity index (χ2v) is 6.53. The zero-order valence-electron chi connectivity index (χ0n) is 14.0. The maximum atomic E-state index is 10.7. The van der Waals surface area contributed by atoms with E-state index in [0.29, 0.717) is 23.3 Å². The lowest BCUT2D eigenvalue weighted by molar-refractivity contribution is -0.199. The van der Waals surface area contributed by atoms with E-state index in [4.69, 9.17) is 14.2 Å². The molecule has 4 rings (SSSR count). The van der Waals surface area contributed by atoms with E-state index in [2.05, 4.69) is 20.3 Å². The van der Waals surface area contributed by atoms with Gasteiger partial charge in [0.1, 0.15) is 23.8 Å².